The largest absolute Gasteiger partial charge is 0.394 e. The van der Waals surface area contributed by atoms with Gasteiger partial charge < -0.3 is 15.4 Å². The van der Waals surface area contributed by atoms with E-state index < -0.39 is 0 Å². The number of H-pyrrole nitrogens is 1. The Kier molecular flexibility index (Phi) is 4.44. The molecule has 4 nitrogen and oxygen atoms in total. The Morgan fingerprint density at radius 2 is 2.50 bits per heavy atom. The van der Waals surface area contributed by atoms with Crippen molar-refractivity contribution in [2.75, 3.05) is 19.4 Å². The predicted octanol–water partition coefficient (Wildman–Crippen LogP) is 0.862. The second-order valence-corrected chi connectivity index (χ2v) is 4.55. The highest BCUT2D eigenvalue weighted by atomic mass is 32.2. The van der Waals surface area contributed by atoms with E-state index in [1.165, 1.54) is 0 Å². The highest BCUT2D eigenvalue weighted by Gasteiger charge is 2.20. The van der Waals surface area contributed by atoms with Crippen molar-refractivity contribution in [3.63, 3.8) is 0 Å². The van der Waals surface area contributed by atoms with Gasteiger partial charge in [-0.1, -0.05) is 11.8 Å². The Morgan fingerprint density at radius 3 is 3.00 bits per heavy atom. The summed E-state index contributed by atoms with van der Waals surface area (Å²) in [6.07, 6.45) is 4.46. The molecule has 14 heavy (non-hydrogen) atoms. The van der Waals surface area contributed by atoms with Gasteiger partial charge in [0.25, 0.3) is 0 Å². The normalized spacial score (nSPS) is 15.4. The molecule has 1 heterocycles. The van der Waals surface area contributed by atoms with Crippen LogP contribution < -0.4 is 5.32 Å². The minimum atomic E-state index is -0.181. The number of hydrogen-bond donors (Lipinski definition) is 3. The van der Waals surface area contributed by atoms with Crippen molar-refractivity contribution in [2.45, 2.75) is 24.0 Å². The standard InChI is InChI=1S/C9H17N3OS/c1-9(7-13,10-2)3-6-14-8-11-4-5-12-8/h4-5,10,13H,3,6-7H2,1-2H3,(H,11,12). The average Bonchev–Trinajstić information content (AvgIpc) is 2.70. The summed E-state index contributed by atoms with van der Waals surface area (Å²) in [7, 11) is 1.87. The van der Waals surface area contributed by atoms with Crippen LogP contribution in [0.4, 0.5) is 0 Å². The highest BCUT2D eigenvalue weighted by Crippen LogP contribution is 2.17. The summed E-state index contributed by atoms with van der Waals surface area (Å²) in [5.41, 5.74) is -0.181. The molecule has 0 aliphatic rings. The number of nitrogens with zero attached hydrogens (tertiary/aromatic N) is 1. The number of aliphatic hydroxyl groups is 1. The molecule has 80 valence electrons. The van der Waals surface area contributed by atoms with Crippen LogP contribution in [0.3, 0.4) is 0 Å². The molecular weight excluding hydrogens is 198 g/mol. The molecule has 0 bridgehead atoms. The van der Waals surface area contributed by atoms with Crippen LogP contribution in [0.2, 0.25) is 0 Å². The van der Waals surface area contributed by atoms with Crippen molar-refractivity contribution in [1.29, 1.82) is 0 Å². The molecular formula is C9H17N3OS. The lowest BCUT2D eigenvalue weighted by Gasteiger charge is -2.26. The summed E-state index contributed by atoms with van der Waals surface area (Å²) < 4.78 is 0. The molecule has 0 spiro atoms. The van der Waals surface area contributed by atoms with E-state index in [0.717, 1.165) is 17.3 Å². The van der Waals surface area contributed by atoms with Crippen LogP contribution >= 0.6 is 11.8 Å². The van der Waals surface area contributed by atoms with Crippen molar-refractivity contribution < 1.29 is 5.11 Å². The number of nitrogens with one attached hydrogen (secondary N) is 2. The number of likely N-dealkylation sites (N-methyl/N-ethyl adjacent to an activating group) is 1. The van der Waals surface area contributed by atoms with Gasteiger partial charge in [-0.05, 0) is 20.4 Å². The van der Waals surface area contributed by atoms with Crippen molar-refractivity contribution >= 4 is 11.8 Å². The molecule has 1 aromatic heterocycles. The van der Waals surface area contributed by atoms with Crippen LogP contribution in [0, 0.1) is 0 Å². The van der Waals surface area contributed by atoms with E-state index in [9.17, 15) is 0 Å². The zero-order valence-electron chi connectivity index (χ0n) is 8.58. The van der Waals surface area contributed by atoms with Crippen molar-refractivity contribution in [3.05, 3.63) is 12.4 Å². The zero-order chi connectivity index (χ0) is 10.4. The van der Waals surface area contributed by atoms with Gasteiger partial charge in [-0.25, -0.2) is 4.98 Å². The van der Waals surface area contributed by atoms with Crippen LogP contribution in [0.15, 0.2) is 17.6 Å². The van der Waals surface area contributed by atoms with E-state index in [0.29, 0.717) is 0 Å². The third kappa shape index (κ3) is 3.32. The van der Waals surface area contributed by atoms with Crippen LogP contribution in [0.25, 0.3) is 0 Å². The van der Waals surface area contributed by atoms with E-state index in [2.05, 4.69) is 15.3 Å². The Hall–Kier alpha value is -0.520. The summed E-state index contributed by atoms with van der Waals surface area (Å²) in [6.45, 7) is 2.16. The molecule has 1 atom stereocenters. The summed E-state index contributed by atoms with van der Waals surface area (Å²) in [5.74, 6) is 0.936. The van der Waals surface area contributed by atoms with E-state index in [1.807, 2.05) is 20.2 Å². The molecule has 0 fully saturated rings. The molecule has 0 amide bonds. The van der Waals surface area contributed by atoms with Gasteiger partial charge in [-0.15, -0.1) is 0 Å². The number of imidazole rings is 1. The molecule has 0 radical (unpaired) electrons. The van der Waals surface area contributed by atoms with Crippen molar-refractivity contribution in [1.82, 2.24) is 15.3 Å². The van der Waals surface area contributed by atoms with E-state index in [-0.39, 0.29) is 12.1 Å². The first kappa shape index (κ1) is 11.6. The Morgan fingerprint density at radius 1 is 1.71 bits per heavy atom. The maximum Gasteiger partial charge on any atom is 0.165 e. The summed E-state index contributed by atoms with van der Waals surface area (Å²) >= 11 is 1.67. The first-order valence-corrected chi connectivity index (χ1v) is 5.61. The van der Waals surface area contributed by atoms with Gasteiger partial charge in [0.15, 0.2) is 5.16 Å². The fraction of sp³-hybridized carbons (Fsp3) is 0.667. The maximum absolute atomic E-state index is 9.15. The van der Waals surface area contributed by atoms with Crippen LogP contribution in [-0.4, -0.2) is 40.0 Å². The lowest BCUT2D eigenvalue weighted by molar-refractivity contribution is 0.179. The van der Waals surface area contributed by atoms with Gasteiger partial charge in [0, 0.05) is 23.7 Å². The van der Waals surface area contributed by atoms with Crippen molar-refractivity contribution in [3.8, 4) is 0 Å². The maximum atomic E-state index is 9.15. The van der Waals surface area contributed by atoms with E-state index >= 15 is 0 Å². The topological polar surface area (TPSA) is 60.9 Å². The molecule has 1 unspecified atom stereocenters. The van der Waals surface area contributed by atoms with Gasteiger partial charge in [0.2, 0.25) is 0 Å². The molecule has 3 N–H and O–H groups in total. The number of rotatable bonds is 6. The zero-order valence-corrected chi connectivity index (χ0v) is 9.40. The number of thioether (sulfide) groups is 1. The van der Waals surface area contributed by atoms with Gasteiger partial charge in [-0.3, -0.25) is 0 Å². The smallest absolute Gasteiger partial charge is 0.165 e. The first-order valence-electron chi connectivity index (χ1n) is 4.62. The predicted molar refractivity (Wildman–Crippen MR) is 58.5 cm³/mol. The van der Waals surface area contributed by atoms with Crippen LogP contribution in [-0.2, 0) is 0 Å². The lowest BCUT2D eigenvalue weighted by atomic mass is 10.0. The second-order valence-electron chi connectivity index (χ2n) is 3.46. The number of aromatic amines is 1. The van der Waals surface area contributed by atoms with E-state index in [1.54, 1.807) is 18.0 Å². The lowest BCUT2D eigenvalue weighted by Crippen LogP contribution is -2.43. The fourth-order valence-corrected chi connectivity index (χ4v) is 2.02. The molecule has 0 aliphatic carbocycles. The summed E-state index contributed by atoms with van der Waals surface area (Å²) in [4.78, 5) is 7.14. The Bertz CT molecular complexity index is 247. The van der Waals surface area contributed by atoms with Crippen molar-refractivity contribution in [2.24, 2.45) is 0 Å². The van der Waals surface area contributed by atoms with Gasteiger partial charge >= 0.3 is 0 Å². The molecule has 1 aromatic rings. The monoisotopic (exact) mass is 215 g/mol. The van der Waals surface area contributed by atoms with Gasteiger partial charge in [0.05, 0.1) is 6.61 Å². The van der Waals surface area contributed by atoms with Crippen LogP contribution in [0.5, 0.6) is 0 Å². The van der Waals surface area contributed by atoms with E-state index in [4.69, 9.17) is 5.11 Å². The second kappa shape index (κ2) is 5.38. The number of aliphatic hydroxyl groups excluding tert-OH is 1. The number of aromatic nitrogens is 2. The minimum absolute atomic E-state index is 0.155. The fourth-order valence-electron chi connectivity index (χ4n) is 0.986. The minimum Gasteiger partial charge on any atom is -0.394 e. The molecule has 0 aromatic carbocycles. The molecule has 5 heteroatoms. The highest BCUT2D eigenvalue weighted by molar-refractivity contribution is 7.99. The molecule has 0 saturated heterocycles. The van der Waals surface area contributed by atoms with Gasteiger partial charge in [-0.2, -0.15) is 0 Å². The third-order valence-electron chi connectivity index (χ3n) is 2.32. The molecule has 1 rings (SSSR count). The Balaban J connectivity index is 2.27. The molecule has 0 aliphatic heterocycles. The molecule has 0 saturated carbocycles. The summed E-state index contributed by atoms with van der Waals surface area (Å²) in [5, 5.41) is 13.2. The number of hydrogen-bond acceptors (Lipinski definition) is 4. The Labute approximate surface area is 88.5 Å². The third-order valence-corrected chi connectivity index (χ3v) is 3.22. The average molecular weight is 215 g/mol. The summed E-state index contributed by atoms with van der Waals surface area (Å²) in [6, 6.07) is 0. The van der Waals surface area contributed by atoms with Crippen LogP contribution in [0.1, 0.15) is 13.3 Å². The van der Waals surface area contributed by atoms with Gasteiger partial charge in [0.1, 0.15) is 0 Å². The quantitative estimate of drug-likeness (QED) is 0.616. The SMILES string of the molecule is CNC(C)(CO)CCSc1ncc[nH]1. The first-order chi connectivity index (χ1) is 6.70.